The summed E-state index contributed by atoms with van der Waals surface area (Å²) in [4.78, 5) is 19.1. The molecule has 1 aliphatic rings. The van der Waals surface area contributed by atoms with Crippen LogP contribution >= 0.6 is 0 Å². The summed E-state index contributed by atoms with van der Waals surface area (Å²) in [6.45, 7) is 2.83. The molecule has 4 nitrogen and oxygen atoms in total. The Morgan fingerprint density at radius 2 is 1.88 bits per heavy atom. The van der Waals surface area contributed by atoms with Gasteiger partial charge in [-0.25, -0.2) is 0 Å². The summed E-state index contributed by atoms with van der Waals surface area (Å²) < 4.78 is 5.23. The van der Waals surface area contributed by atoms with Gasteiger partial charge in [-0.2, -0.15) is 0 Å². The van der Waals surface area contributed by atoms with Crippen LogP contribution in [0.15, 0.2) is 48.8 Å². The molecule has 132 valence electrons. The van der Waals surface area contributed by atoms with E-state index in [-0.39, 0.29) is 11.8 Å². The SMILES string of the molecule is CCC(CC(=O)N(Cc1ccncc1)C1CC1)c1ccc(OC)cc1. The van der Waals surface area contributed by atoms with E-state index in [0.29, 0.717) is 19.0 Å². The average molecular weight is 338 g/mol. The summed E-state index contributed by atoms with van der Waals surface area (Å²) in [5.74, 6) is 1.35. The van der Waals surface area contributed by atoms with Crippen molar-refractivity contribution in [1.29, 1.82) is 0 Å². The number of benzene rings is 1. The van der Waals surface area contributed by atoms with Crippen molar-refractivity contribution in [3.63, 3.8) is 0 Å². The van der Waals surface area contributed by atoms with E-state index >= 15 is 0 Å². The highest BCUT2D eigenvalue weighted by atomic mass is 16.5. The molecule has 1 fully saturated rings. The van der Waals surface area contributed by atoms with Crippen molar-refractivity contribution in [2.24, 2.45) is 0 Å². The number of nitrogens with zero attached hydrogens (tertiary/aromatic N) is 2. The minimum Gasteiger partial charge on any atom is -0.497 e. The van der Waals surface area contributed by atoms with Crippen LogP contribution in [0.5, 0.6) is 5.75 Å². The van der Waals surface area contributed by atoms with Gasteiger partial charge in [0.15, 0.2) is 0 Å². The molecule has 4 heteroatoms. The molecule has 1 unspecified atom stereocenters. The normalized spacial score (nSPS) is 14.8. The van der Waals surface area contributed by atoms with Crippen LogP contribution in [0.2, 0.25) is 0 Å². The monoisotopic (exact) mass is 338 g/mol. The molecule has 0 N–H and O–H groups in total. The van der Waals surface area contributed by atoms with Crippen LogP contribution in [0.4, 0.5) is 0 Å². The maximum Gasteiger partial charge on any atom is 0.223 e. The summed E-state index contributed by atoms with van der Waals surface area (Å²) in [5.41, 5.74) is 2.35. The van der Waals surface area contributed by atoms with Crippen LogP contribution in [-0.4, -0.2) is 28.9 Å². The second-order valence-electron chi connectivity index (χ2n) is 6.69. The minimum atomic E-state index is 0.247. The fourth-order valence-corrected chi connectivity index (χ4v) is 3.19. The van der Waals surface area contributed by atoms with Gasteiger partial charge in [-0.05, 0) is 60.6 Å². The average Bonchev–Trinajstić information content (AvgIpc) is 3.50. The molecule has 3 rings (SSSR count). The number of pyridine rings is 1. The number of rotatable bonds is 8. The van der Waals surface area contributed by atoms with Crippen LogP contribution in [-0.2, 0) is 11.3 Å². The number of methoxy groups -OCH3 is 1. The fourth-order valence-electron chi connectivity index (χ4n) is 3.19. The third kappa shape index (κ3) is 4.59. The van der Waals surface area contributed by atoms with Gasteiger partial charge in [-0.15, -0.1) is 0 Å². The van der Waals surface area contributed by atoms with Gasteiger partial charge in [0.05, 0.1) is 7.11 Å². The van der Waals surface area contributed by atoms with E-state index in [1.165, 1.54) is 5.56 Å². The number of hydrogen-bond donors (Lipinski definition) is 0. The Balaban J connectivity index is 1.68. The molecule has 0 aliphatic heterocycles. The molecule has 0 bridgehead atoms. The number of aromatic nitrogens is 1. The zero-order valence-corrected chi connectivity index (χ0v) is 15.0. The smallest absolute Gasteiger partial charge is 0.223 e. The molecule has 1 heterocycles. The third-order valence-corrected chi connectivity index (χ3v) is 4.91. The largest absolute Gasteiger partial charge is 0.497 e. The van der Waals surface area contributed by atoms with Crippen molar-refractivity contribution >= 4 is 5.91 Å². The third-order valence-electron chi connectivity index (χ3n) is 4.91. The lowest BCUT2D eigenvalue weighted by atomic mass is 9.92. The summed E-state index contributed by atoms with van der Waals surface area (Å²) in [6, 6.07) is 12.5. The molecule has 2 aromatic rings. The Hall–Kier alpha value is -2.36. The van der Waals surface area contributed by atoms with Crippen molar-refractivity contribution in [3.05, 3.63) is 59.9 Å². The van der Waals surface area contributed by atoms with Gasteiger partial charge >= 0.3 is 0 Å². The Kier molecular flexibility index (Phi) is 5.69. The molecule has 0 spiro atoms. The van der Waals surface area contributed by atoms with Crippen LogP contribution in [0.1, 0.15) is 49.7 Å². The van der Waals surface area contributed by atoms with E-state index in [9.17, 15) is 4.79 Å². The quantitative estimate of drug-likeness (QED) is 0.725. The zero-order chi connectivity index (χ0) is 17.6. The summed E-state index contributed by atoms with van der Waals surface area (Å²) in [7, 11) is 1.67. The number of carbonyl (C=O) groups is 1. The lowest BCUT2D eigenvalue weighted by Gasteiger charge is -2.25. The second kappa shape index (κ2) is 8.15. The molecular weight excluding hydrogens is 312 g/mol. The van der Waals surface area contributed by atoms with Gasteiger partial charge in [0.2, 0.25) is 5.91 Å². The number of carbonyl (C=O) groups excluding carboxylic acids is 1. The fraction of sp³-hybridized carbons (Fsp3) is 0.429. The van der Waals surface area contributed by atoms with E-state index in [4.69, 9.17) is 4.74 Å². The Morgan fingerprint density at radius 1 is 1.20 bits per heavy atom. The first-order valence-electron chi connectivity index (χ1n) is 9.03. The van der Waals surface area contributed by atoms with Crippen molar-refractivity contribution in [1.82, 2.24) is 9.88 Å². The van der Waals surface area contributed by atoms with Crippen molar-refractivity contribution in [2.45, 2.75) is 51.1 Å². The highest BCUT2D eigenvalue weighted by Gasteiger charge is 2.33. The summed E-state index contributed by atoms with van der Waals surface area (Å²) in [5, 5.41) is 0. The number of ether oxygens (including phenoxy) is 1. The van der Waals surface area contributed by atoms with Crippen molar-refractivity contribution in [2.75, 3.05) is 7.11 Å². The van der Waals surface area contributed by atoms with Gasteiger partial charge in [0.25, 0.3) is 0 Å². The Morgan fingerprint density at radius 3 is 2.44 bits per heavy atom. The van der Waals surface area contributed by atoms with Crippen molar-refractivity contribution in [3.8, 4) is 5.75 Å². The maximum absolute atomic E-state index is 13.0. The highest BCUT2D eigenvalue weighted by Crippen LogP contribution is 2.32. The van der Waals surface area contributed by atoms with E-state index < -0.39 is 0 Å². The molecule has 1 aromatic carbocycles. The molecule has 1 atom stereocenters. The first-order chi connectivity index (χ1) is 12.2. The van der Waals surface area contributed by atoms with Gasteiger partial charge in [-0.3, -0.25) is 9.78 Å². The second-order valence-corrected chi connectivity index (χ2v) is 6.69. The van der Waals surface area contributed by atoms with Crippen LogP contribution in [0.3, 0.4) is 0 Å². The molecule has 0 radical (unpaired) electrons. The predicted molar refractivity (Wildman–Crippen MR) is 98.5 cm³/mol. The van der Waals surface area contributed by atoms with Crippen molar-refractivity contribution < 1.29 is 9.53 Å². The first kappa shape index (κ1) is 17.5. The van der Waals surface area contributed by atoms with Crippen LogP contribution in [0.25, 0.3) is 0 Å². The molecule has 25 heavy (non-hydrogen) atoms. The molecule has 1 aromatic heterocycles. The molecule has 1 amide bonds. The summed E-state index contributed by atoms with van der Waals surface area (Å²) in [6.07, 6.45) is 7.33. The Bertz CT molecular complexity index is 681. The van der Waals surface area contributed by atoms with E-state index in [2.05, 4.69) is 28.9 Å². The lowest BCUT2D eigenvalue weighted by molar-refractivity contribution is -0.132. The molecule has 0 saturated heterocycles. The number of amides is 1. The standard InChI is InChI=1S/C21H26N2O2/c1-3-17(18-4-8-20(25-2)9-5-18)14-21(24)23(19-6-7-19)15-16-10-12-22-13-11-16/h4-5,8-13,17,19H,3,6-7,14-15H2,1-2H3. The van der Waals surface area contributed by atoms with E-state index in [0.717, 1.165) is 30.6 Å². The van der Waals surface area contributed by atoms with E-state index in [1.807, 2.05) is 24.3 Å². The number of hydrogen-bond acceptors (Lipinski definition) is 3. The lowest BCUT2D eigenvalue weighted by Crippen LogP contribution is -2.33. The minimum absolute atomic E-state index is 0.247. The van der Waals surface area contributed by atoms with Crippen LogP contribution in [0, 0.1) is 0 Å². The van der Waals surface area contributed by atoms with Gasteiger partial charge in [0.1, 0.15) is 5.75 Å². The summed E-state index contributed by atoms with van der Waals surface area (Å²) >= 11 is 0. The van der Waals surface area contributed by atoms with Crippen LogP contribution < -0.4 is 4.74 Å². The van der Waals surface area contributed by atoms with Gasteiger partial charge in [0, 0.05) is 31.4 Å². The highest BCUT2D eigenvalue weighted by molar-refractivity contribution is 5.78. The Labute approximate surface area is 149 Å². The topological polar surface area (TPSA) is 42.4 Å². The maximum atomic E-state index is 13.0. The van der Waals surface area contributed by atoms with E-state index in [1.54, 1.807) is 19.5 Å². The van der Waals surface area contributed by atoms with Gasteiger partial charge < -0.3 is 9.64 Å². The molecule has 1 aliphatic carbocycles. The zero-order valence-electron chi connectivity index (χ0n) is 15.0. The van der Waals surface area contributed by atoms with Gasteiger partial charge in [-0.1, -0.05) is 19.1 Å². The molecule has 1 saturated carbocycles. The first-order valence-corrected chi connectivity index (χ1v) is 9.03. The molecular formula is C21H26N2O2. The predicted octanol–water partition coefficient (Wildman–Crippen LogP) is 4.17.